The molecule has 2 aromatic heterocycles. The number of aromatic nitrogens is 1. The number of rotatable bonds is 6. The number of hydrogen-bond acceptors (Lipinski definition) is 5. The summed E-state index contributed by atoms with van der Waals surface area (Å²) in [4.78, 5) is 5.46. The maximum atomic E-state index is 5.70. The molecule has 108 valence electrons. The molecule has 4 nitrogen and oxygen atoms in total. The molecule has 0 aromatic carbocycles. The number of nitrogens with zero attached hydrogens (tertiary/aromatic N) is 1. The summed E-state index contributed by atoms with van der Waals surface area (Å²) < 4.78 is 10.9. The van der Waals surface area contributed by atoms with Crippen LogP contribution in [0.25, 0.3) is 0 Å². The van der Waals surface area contributed by atoms with Crippen molar-refractivity contribution in [1.82, 2.24) is 10.3 Å². The van der Waals surface area contributed by atoms with Gasteiger partial charge < -0.3 is 14.8 Å². The Kier molecular flexibility index (Phi) is 4.98. The highest BCUT2D eigenvalue weighted by Crippen LogP contribution is 2.31. The molecule has 5 heteroatoms. The second-order valence-corrected chi connectivity index (χ2v) is 5.67. The monoisotopic (exact) mass is 292 g/mol. The standard InChI is InChI=1S/C15H20N2O2S/c1-10(2)19-12-5-11(7-17-8-12)15(16-3)14-6-13(18-4)9-20-14/h5-10,15-16H,1-4H3. The van der Waals surface area contributed by atoms with E-state index >= 15 is 0 Å². The summed E-state index contributed by atoms with van der Waals surface area (Å²) in [5, 5.41) is 5.31. The molecule has 1 unspecified atom stereocenters. The van der Waals surface area contributed by atoms with Crippen LogP contribution >= 0.6 is 11.3 Å². The van der Waals surface area contributed by atoms with Crippen LogP contribution in [0.15, 0.2) is 29.9 Å². The average molecular weight is 292 g/mol. The molecule has 0 spiro atoms. The summed E-state index contributed by atoms with van der Waals surface area (Å²) in [6.45, 7) is 4.01. The van der Waals surface area contributed by atoms with E-state index in [1.54, 1.807) is 24.6 Å². The molecule has 2 aromatic rings. The SMILES string of the molecule is CNC(c1cncc(OC(C)C)c1)c1cc(OC)cs1. The van der Waals surface area contributed by atoms with Crippen molar-refractivity contribution < 1.29 is 9.47 Å². The maximum absolute atomic E-state index is 5.70. The van der Waals surface area contributed by atoms with Gasteiger partial charge in [-0.3, -0.25) is 4.98 Å². The van der Waals surface area contributed by atoms with Crippen LogP contribution in [0.3, 0.4) is 0 Å². The average Bonchev–Trinajstić information content (AvgIpc) is 2.88. The number of ether oxygens (including phenoxy) is 2. The Bertz CT molecular complexity index is 554. The first-order valence-corrected chi connectivity index (χ1v) is 7.43. The summed E-state index contributed by atoms with van der Waals surface area (Å²) in [7, 11) is 3.62. The van der Waals surface area contributed by atoms with Crippen LogP contribution < -0.4 is 14.8 Å². The van der Waals surface area contributed by atoms with E-state index in [2.05, 4.69) is 10.3 Å². The lowest BCUT2D eigenvalue weighted by molar-refractivity contribution is 0.241. The van der Waals surface area contributed by atoms with Gasteiger partial charge in [-0.05, 0) is 38.6 Å². The Morgan fingerprint density at radius 2 is 2.00 bits per heavy atom. The first kappa shape index (κ1) is 14.8. The molecule has 20 heavy (non-hydrogen) atoms. The zero-order valence-corrected chi connectivity index (χ0v) is 13.0. The molecular weight excluding hydrogens is 272 g/mol. The molecule has 1 N–H and O–H groups in total. The summed E-state index contributed by atoms with van der Waals surface area (Å²) in [6, 6.07) is 4.16. The number of hydrogen-bond donors (Lipinski definition) is 1. The molecule has 0 amide bonds. The molecule has 2 rings (SSSR count). The van der Waals surface area contributed by atoms with Crippen molar-refractivity contribution in [1.29, 1.82) is 0 Å². The van der Waals surface area contributed by atoms with Crippen LogP contribution in [0.5, 0.6) is 11.5 Å². The van der Waals surface area contributed by atoms with Gasteiger partial charge in [0.2, 0.25) is 0 Å². The molecule has 0 aliphatic rings. The van der Waals surface area contributed by atoms with Gasteiger partial charge in [0.1, 0.15) is 11.5 Å². The van der Waals surface area contributed by atoms with Gasteiger partial charge in [-0.25, -0.2) is 0 Å². The Hall–Kier alpha value is -1.59. The number of nitrogens with one attached hydrogen (secondary N) is 1. The number of thiophene rings is 1. The van der Waals surface area contributed by atoms with Crippen molar-refractivity contribution >= 4 is 11.3 Å². The number of methoxy groups -OCH3 is 1. The predicted octanol–water partition coefficient (Wildman–Crippen LogP) is 3.25. The lowest BCUT2D eigenvalue weighted by Gasteiger charge is -2.16. The van der Waals surface area contributed by atoms with Crippen molar-refractivity contribution in [2.75, 3.05) is 14.2 Å². The third-order valence-corrected chi connectivity index (χ3v) is 3.82. The molecule has 0 bridgehead atoms. The van der Waals surface area contributed by atoms with Gasteiger partial charge in [0.15, 0.2) is 0 Å². The van der Waals surface area contributed by atoms with Crippen LogP contribution in [-0.2, 0) is 0 Å². The third kappa shape index (κ3) is 3.49. The van der Waals surface area contributed by atoms with E-state index in [4.69, 9.17) is 9.47 Å². The van der Waals surface area contributed by atoms with Crippen molar-refractivity contribution in [3.8, 4) is 11.5 Å². The highest BCUT2D eigenvalue weighted by molar-refractivity contribution is 7.10. The maximum Gasteiger partial charge on any atom is 0.138 e. The van der Waals surface area contributed by atoms with Crippen LogP contribution in [0, 0.1) is 0 Å². The van der Waals surface area contributed by atoms with E-state index < -0.39 is 0 Å². The molecule has 0 radical (unpaired) electrons. The fourth-order valence-corrected chi connectivity index (χ4v) is 2.99. The van der Waals surface area contributed by atoms with Crippen LogP contribution in [0.4, 0.5) is 0 Å². The van der Waals surface area contributed by atoms with Gasteiger partial charge in [0.25, 0.3) is 0 Å². The van der Waals surface area contributed by atoms with Gasteiger partial charge in [-0.2, -0.15) is 0 Å². The van der Waals surface area contributed by atoms with E-state index in [1.165, 1.54) is 4.88 Å². The van der Waals surface area contributed by atoms with E-state index in [0.29, 0.717) is 0 Å². The van der Waals surface area contributed by atoms with Gasteiger partial charge >= 0.3 is 0 Å². The van der Waals surface area contributed by atoms with Crippen molar-refractivity contribution in [3.63, 3.8) is 0 Å². The molecular formula is C15H20N2O2S. The van der Waals surface area contributed by atoms with E-state index in [-0.39, 0.29) is 12.1 Å². The summed E-state index contributed by atoms with van der Waals surface area (Å²) in [5.41, 5.74) is 1.08. The van der Waals surface area contributed by atoms with Gasteiger partial charge in [0, 0.05) is 16.5 Å². The third-order valence-electron chi connectivity index (χ3n) is 2.84. The first-order valence-electron chi connectivity index (χ1n) is 6.55. The minimum absolute atomic E-state index is 0.0899. The summed E-state index contributed by atoms with van der Waals surface area (Å²) in [6.07, 6.45) is 3.74. The molecule has 0 aliphatic carbocycles. The molecule has 0 aliphatic heterocycles. The molecule has 2 heterocycles. The molecule has 0 saturated carbocycles. The minimum Gasteiger partial charge on any atom is -0.496 e. The Balaban J connectivity index is 2.26. The fourth-order valence-electron chi connectivity index (χ4n) is 2.00. The van der Waals surface area contributed by atoms with E-state index in [0.717, 1.165) is 17.1 Å². The fraction of sp³-hybridized carbons (Fsp3) is 0.400. The second kappa shape index (κ2) is 6.72. The van der Waals surface area contributed by atoms with Crippen LogP contribution in [-0.4, -0.2) is 25.2 Å². The quantitative estimate of drug-likeness (QED) is 0.887. The van der Waals surface area contributed by atoms with E-state index in [1.807, 2.05) is 44.6 Å². The zero-order valence-electron chi connectivity index (χ0n) is 12.2. The van der Waals surface area contributed by atoms with Crippen molar-refractivity contribution in [3.05, 3.63) is 40.3 Å². The lowest BCUT2D eigenvalue weighted by atomic mass is 10.1. The zero-order chi connectivity index (χ0) is 14.5. The van der Waals surface area contributed by atoms with Gasteiger partial charge in [-0.15, -0.1) is 11.3 Å². The molecule has 0 saturated heterocycles. The van der Waals surface area contributed by atoms with Gasteiger partial charge in [0.05, 0.1) is 25.5 Å². The predicted molar refractivity (Wildman–Crippen MR) is 81.8 cm³/mol. The topological polar surface area (TPSA) is 43.4 Å². The molecule has 1 atom stereocenters. The summed E-state index contributed by atoms with van der Waals surface area (Å²) in [5.74, 6) is 1.68. The lowest BCUT2D eigenvalue weighted by Crippen LogP contribution is -2.17. The largest absolute Gasteiger partial charge is 0.496 e. The Morgan fingerprint density at radius 3 is 2.60 bits per heavy atom. The second-order valence-electron chi connectivity index (χ2n) is 4.73. The first-order chi connectivity index (χ1) is 9.63. The van der Waals surface area contributed by atoms with Crippen molar-refractivity contribution in [2.24, 2.45) is 0 Å². The smallest absolute Gasteiger partial charge is 0.138 e. The molecule has 0 fully saturated rings. The van der Waals surface area contributed by atoms with E-state index in [9.17, 15) is 0 Å². The van der Waals surface area contributed by atoms with Crippen LogP contribution in [0.1, 0.15) is 30.3 Å². The van der Waals surface area contributed by atoms with Crippen molar-refractivity contribution in [2.45, 2.75) is 26.0 Å². The number of pyridine rings is 1. The minimum atomic E-state index is 0.0899. The van der Waals surface area contributed by atoms with Crippen LogP contribution in [0.2, 0.25) is 0 Å². The summed E-state index contributed by atoms with van der Waals surface area (Å²) >= 11 is 1.67. The Labute approximate surface area is 123 Å². The van der Waals surface area contributed by atoms with Gasteiger partial charge in [-0.1, -0.05) is 0 Å². The highest BCUT2D eigenvalue weighted by atomic mass is 32.1. The Morgan fingerprint density at radius 1 is 1.20 bits per heavy atom. The normalized spacial score (nSPS) is 12.4. The highest BCUT2D eigenvalue weighted by Gasteiger charge is 2.16.